The summed E-state index contributed by atoms with van der Waals surface area (Å²) in [6.45, 7) is 7.60. The average molecular weight is 435 g/mol. The Kier molecular flexibility index (Phi) is 6.17. The number of benzene rings is 1. The minimum Gasteiger partial charge on any atom is -0.497 e. The van der Waals surface area contributed by atoms with Crippen molar-refractivity contribution in [1.82, 2.24) is 19.7 Å². The summed E-state index contributed by atoms with van der Waals surface area (Å²) < 4.78 is 12.8. The van der Waals surface area contributed by atoms with Crippen LogP contribution in [-0.4, -0.2) is 51.6 Å². The summed E-state index contributed by atoms with van der Waals surface area (Å²) >= 11 is 0. The Balaban J connectivity index is 1.58. The number of pyridine rings is 1. The first-order chi connectivity index (χ1) is 15.3. The molecule has 0 spiro atoms. The predicted octanol–water partition coefficient (Wildman–Crippen LogP) is 4.73. The van der Waals surface area contributed by atoms with E-state index in [9.17, 15) is 4.79 Å². The van der Waals surface area contributed by atoms with Crippen molar-refractivity contribution in [2.45, 2.75) is 45.3 Å². The summed E-state index contributed by atoms with van der Waals surface area (Å²) in [5.74, 6) is 0.989. The highest BCUT2D eigenvalue weighted by atomic mass is 16.6. The molecule has 1 aliphatic heterocycles. The number of nitrogens with zero attached hydrogens (tertiary/aromatic N) is 4. The Bertz CT molecular complexity index is 1060. The summed E-state index contributed by atoms with van der Waals surface area (Å²) in [5, 5.41) is 4.96. The molecule has 7 heteroatoms. The van der Waals surface area contributed by atoms with Crippen LogP contribution in [0.2, 0.25) is 0 Å². The summed E-state index contributed by atoms with van der Waals surface area (Å²) in [6.07, 6.45) is 6.27. The molecule has 1 unspecified atom stereocenters. The number of amides is 1. The van der Waals surface area contributed by atoms with Gasteiger partial charge in [-0.1, -0.05) is 12.1 Å². The van der Waals surface area contributed by atoms with Gasteiger partial charge in [-0.15, -0.1) is 0 Å². The van der Waals surface area contributed by atoms with Gasteiger partial charge in [0, 0.05) is 43.2 Å². The van der Waals surface area contributed by atoms with Gasteiger partial charge in [-0.2, -0.15) is 5.10 Å². The van der Waals surface area contributed by atoms with Crippen molar-refractivity contribution >= 4 is 6.09 Å². The predicted molar refractivity (Wildman–Crippen MR) is 123 cm³/mol. The molecule has 0 radical (unpaired) electrons. The topological polar surface area (TPSA) is 69.5 Å². The summed E-state index contributed by atoms with van der Waals surface area (Å²) in [6, 6.07) is 12.0. The number of hydrogen-bond acceptors (Lipinski definition) is 5. The first-order valence-electron chi connectivity index (χ1n) is 10.9. The Morgan fingerprint density at radius 1 is 1.12 bits per heavy atom. The lowest BCUT2D eigenvalue weighted by atomic mass is 9.97. The average Bonchev–Trinajstić information content (AvgIpc) is 3.41. The molecule has 1 fully saturated rings. The zero-order valence-electron chi connectivity index (χ0n) is 19.1. The number of rotatable bonds is 5. The van der Waals surface area contributed by atoms with Crippen LogP contribution in [0, 0.1) is 0 Å². The SMILES string of the molecule is COc1ccc(Cn2cc(-c3ccncc3)c(C3CCN(C(=O)OC(C)(C)C)C3)n2)cc1. The molecule has 2 aromatic heterocycles. The molecule has 32 heavy (non-hydrogen) atoms. The molecule has 4 rings (SSSR count). The molecule has 0 saturated carbocycles. The molecular weight excluding hydrogens is 404 g/mol. The van der Waals surface area contributed by atoms with E-state index in [4.69, 9.17) is 14.6 Å². The van der Waals surface area contributed by atoms with Crippen LogP contribution in [0.1, 0.15) is 44.4 Å². The Morgan fingerprint density at radius 2 is 1.84 bits per heavy atom. The van der Waals surface area contributed by atoms with E-state index in [-0.39, 0.29) is 12.0 Å². The van der Waals surface area contributed by atoms with Crippen molar-refractivity contribution in [2.24, 2.45) is 0 Å². The fraction of sp³-hybridized carbons (Fsp3) is 0.400. The molecule has 0 N–H and O–H groups in total. The van der Waals surface area contributed by atoms with Crippen LogP contribution < -0.4 is 4.74 Å². The highest BCUT2D eigenvalue weighted by molar-refractivity contribution is 5.69. The molecule has 0 aliphatic carbocycles. The second-order valence-electron chi connectivity index (χ2n) is 9.12. The van der Waals surface area contributed by atoms with Gasteiger partial charge in [0.15, 0.2) is 0 Å². The summed E-state index contributed by atoms with van der Waals surface area (Å²) in [5.41, 5.74) is 3.81. The molecule has 168 valence electrons. The minimum absolute atomic E-state index is 0.155. The van der Waals surface area contributed by atoms with Crippen LogP contribution in [-0.2, 0) is 11.3 Å². The molecule has 1 aliphatic rings. The quantitative estimate of drug-likeness (QED) is 0.581. The lowest BCUT2D eigenvalue weighted by Crippen LogP contribution is -2.35. The van der Waals surface area contributed by atoms with Crippen LogP contribution in [0.4, 0.5) is 4.79 Å². The third-order valence-electron chi connectivity index (χ3n) is 5.51. The summed E-state index contributed by atoms with van der Waals surface area (Å²) in [7, 11) is 1.66. The molecule has 3 heterocycles. The molecular formula is C25H30N4O3. The minimum atomic E-state index is -0.503. The van der Waals surface area contributed by atoms with Gasteiger partial charge in [-0.3, -0.25) is 9.67 Å². The van der Waals surface area contributed by atoms with Crippen molar-refractivity contribution in [1.29, 1.82) is 0 Å². The largest absolute Gasteiger partial charge is 0.497 e. The third-order valence-corrected chi connectivity index (χ3v) is 5.51. The highest BCUT2D eigenvalue weighted by Crippen LogP contribution is 2.34. The maximum absolute atomic E-state index is 12.6. The standard InChI is InChI=1S/C25H30N4O3/c1-25(2,3)32-24(30)28-14-11-20(16-28)23-22(19-9-12-26-13-10-19)17-29(27-23)15-18-5-7-21(31-4)8-6-18/h5-10,12-13,17,20H,11,14-16H2,1-4H3. The van der Waals surface area contributed by atoms with Crippen LogP contribution in [0.25, 0.3) is 11.1 Å². The van der Waals surface area contributed by atoms with Gasteiger partial charge < -0.3 is 14.4 Å². The molecule has 1 atom stereocenters. The van der Waals surface area contributed by atoms with E-state index in [1.54, 1.807) is 24.4 Å². The number of aromatic nitrogens is 3. The molecule has 1 amide bonds. The van der Waals surface area contributed by atoms with Gasteiger partial charge in [0.1, 0.15) is 11.4 Å². The van der Waals surface area contributed by atoms with Crippen molar-refractivity contribution < 1.29 is 14.3 Å². The molecule has 3 aromatic rings. The molecule has 1 saturated heterocycles. The monoisotopic (exact) mass is 434 g/mol. The Hall–Kier alpha value is -3.35. The number of methoxy groups -OCH3 is 1. The Labute approximate surface area is 189 Å². The zero-order chi connectivity index (χ0) is 22.7. The molecule has 1 aromatic carbocycles. The maximum atomic E-state index is 12.6. The molecule has 0 bridgehead atoms. The van der Waals surface area contributed by atoms with E-state index < -0.39 is 5.60 Å². The van der Waals surface area contributed by atoms with Crippen molar-refractivity contribution in [2.75, 3.05) is 20.2 Å². The van der Waals surface area contributed by atoms with E-state index in [1.165, 1.54) is 0 Å². The van der Waals surface area contributed by atoms with E-state index in [1.807, 2.05) is 61.9 Å². The fourth-order valence-corrected chi connectivity index (χ4v) is 3.97. The maximum Gasteiger partial charge on any atom is 0.410 e. The van der Waals surface area contributed by atoms with Gasteiger partial charge in [0.25, 0.3) is 0 Å². The van der Waals surface area contributed by atoms with Gasteiger partial charge in [-0.25, -0.2) is 4.79 Å². The first-order valence-corrected chi connectivity index (χ1v) is 10.9. The van der Waals surface area contributed by atoms with Crippen LogP contribution in [0.15, 0.2) is 55.0 Å². The van der Waals surface area contributed by atoms with E-state index in [0.29, 0.717) is 19.6 Å². The fourth-order valence-electron chi connectivity index (χ4n) is 3.97. The van der Waals surface area contributed by atoms with E-state index in [2.05, 4.69) is 11.2 Å². The second-order valence-corrected chi connectivity index (χ2v) is 9.12. The first kappa shape index (κ1) is 21.9. The number of ether oxygens (including phenoxy) is 2. The van der Waals surface area contributed by atoms with Crippen LogP contribution >= 0.6 is 0 Å². The van der Waals surface area contributed by atoms with Gasteiger partial charge >= 0.3 is 6.09 Å². The number of hydrogen-bond donors (Lipinski definition) is 0. The normalized spacial score (nSPS) is 16.2. The van der Waals surface area contributed by atoms with Gasteiger partial charge in [0.2, 0.25) is 0 Å². The van der Waals surface area contributed by atoms with Gasteiger partial charge in [-0.05, 0) is 62.6 Å². The lowest BCUT2D eigenvalue weighted by Gasteiger charge is -2.24. The van der Waals surface area contributed by atoms with Crippen molar-refractivity contribution in [3.8, 4) is 16.9 Å². The van der Waals surface area contributed by atoms with Crippen molar-refractivity contribution in [3.63, 3.8) is 0 Å². The number of carbonyl (C=O) groups excluding carboxylic acids is 1. The van der Waals surface area contributed by atoms with Crippen molar-refractivity contribution in [3.05, 3.63) is 66.2 Å². The highest BCUT2D eigenvalue weighted by Gasteiger charge is 2.33. The van der Waals surface area contributed by atoms with Crippen LogP contribution in [0.3, 0.4) is 0 Å². The molecule has 7 nitrogen and oxygen atoms in total. The van der Waals surface area contributed by atoms with Gasteiger partial charge in [0.05, 0.1) is 19.3 Å². The number of carbonyl (C=O) groups is 1. The number of likely N-dealkylation sites (tertiary alicyclic amines) is 1. The van der Waals surface area contributed by atoms with E-state index in [0.717, 1.165) is 34.6 Å². The van der Waals surface area contributed by atoms with E-state index >= 15 is 0 Å². The van der Waals surface area contributed by atoms with Crippen LogP contribution in [0.5, 0.6) is 5.75 Å². The zero-order valence-corrected chi connectivity index (χ0v) is 19.1. The Morgan fingerprint density at radius 3 is 2.50 bits per heavy atom. The third kappa shape index (κ3) is 5.10. The summed E-state index contributed by atoms with van der Waals surface area (Å²) in [4.78, 5) is 18.5. The lowest BCUT2D eigenvalue weighted by molar-refractivity contribution is 0.0292. The second kappa shape index (κ2) is 9.02. The smallest absolute Gasteiger partial charge is 0.410 e.